The third-order valence-corrected chi connectivity index (χ3v) is 2.06. The Kier molecular flexibility index (Phi) is 2.31. The molecule has 0 unspecified atom stereocenters. The van der Waals surface area contributed by atoms with E-state index in [0.29, 0.717) is 11.6 Å². The van der Waals surface area contributed by atoms with Crippen LogP contribution in [0, 0.1) is 0 Å². The van der Waals surface area contributed by atoms with Gasteiger partial charge in [-0.1, -0.05) is 0 Å². The topological polar surface area (TPSA) is 60.2 Å². The molecule has 1 aliphatic rings. The van der Waals surface area contributed by atoms with E-state index in [0.717, 1.165) is 19.5 Å². The lowest BCUT2D eigenvalue weighted by Crippen LogP contribution is -2.20. The Morgan fingerprint density at radius 2 is 2.54 bits per heavy atom. The van der Waals surface area contributed by atoms with E-state index < -0.39 is 0 Å². The van der Waals surface area contributed by atoms with E-state index in [1.807, 2.05) is 0 Å². The van der Waals surface area contributed by atoms with Crippen LogP contribution in [0.15, 0.2) is 18.3 Å². The van der Waals surface area contributed by atoms with E-state index >= 15 is 0 Å². The van der Waals surface area contributed by atoms with Crippen LogP contribution in [0.5, 0.6) is 5.88 Å². The summed E-state index contributed by atoms with van der Waals surface area (Å²) in [6.07, 6.45) is 2.94. The molecule has 0 aliphatic carbocycles. The van der Waals surface area contributed by atoms with Gasteiger partial charge in [-0.05, 0) is 19.0 Å². The van der Waals surface area contributed by atoms with Crippen LogP contribution in [-0.4, -0.2) is 24.2 Å². The summed E-state index contributed by atoms with van der Waals surface area (Å²) in [6.45, 7) is 1.92. The van der Waals surface area contributed by atoms with Gasteiger partial charge in [0.2, 0.25) is 5.88 Å². The molecule has 4 nitrogen and oxygen atoms in total. The van der Waals surface area contributed by atoms with Gasteiger partial charge in [-0.2, -0.15) is 0 Å². The number of nitrogens with two attached hydrogens (primary N) is 1. The van der Waals surface area contributed by atoms with E-state index in [4.69, 9.17) is 10.5 Å². The Morgan fingerprint density at radius 1 is 1.62 bits per heavy atom. The fourth-order valence-corrected chi connectivity index (χ4v) is 1.39. The van der Waals surface area contributed by atoms with E-state index in [1.54, 1.807) is 18.3 Å². The van der Waals surface area contributed by atoms with Gasteiger partial charge < -0.3 is 15.8 Å². The van der Waals surface area contributed by atoms with Crippen molar-refractivity contribution in [3.8, 4) is 5.88 Å². The average molecular weight is 179 g/mol. The summed E-state index contributed by atoms with van der Waals surface area (Å²) in [6, 6.07) is 3.50. The second-order valence-electron chi connectivity index (χ2n) is 3.16. The summed E-state index contributed by atoms with van der Waals surface area (Å²) in [5.41, 5.74) is 6.29. The van der Waals surface area contributed by atoms with Gasteiger partial charge in [0.05, 0.1) is 0 Å². The number of hydrogen-bond donors (Lipinski definition) is 2. The van der Waals surface area contributed by atoms with Crippen LogP contribution in [0.25, 0.3) is 0 Å². The number of anilines is 1. The van der Waals surface area contributed by atoms with Crippen molar-refractivity contribution in [1.82, 2.24) is 10.3 Å². The van der Waals surface area contributed by atoms with Crippen LogP contribution < -0.4 is 15.8 Å². The summed E-state index contributed by atoms with van der Waals surface area (Å²) in [4.78, 5) is 4.07. The van der Waals surface area contributed by atoms with Crippen LogP contribution in [0.1, 0.15) is 6.42 Å². The first-order chi connectivity index (χ1) is 6.34. The smallest absolute Gasteiger partial charge is 0.215 e. The van der Waals surface area contributed by atoms with Crippen LogP contribution in [0.4, 0.5) is 5.69 Å². The number of rotatable bonds is 2. The van der Waals surface area contributed by atoms with Gasteiger partial charge in [0.25, 0.3) is 0 Å². The Hall–Kier alpha value is -1.29. The first kappa shape index (κ1) is 8.31. The lowest BCUT2D eigenvalue weighted by Gasteiger charge is -2.10. The van der Waals surface area contributed by atoms with Gasteiger partial charge in [-0.25, -0.2) is 4.98 Å². The number of nitrogen functional groups attached to an aromatic ring is 1. The summed E-state index contributed by atoms with van der Waals surface area (Å²) in [7, 11) is 0. The van der Waals surface area contributed by atoms with Gasteiger partial charge in [0.15, 0.2) is 0 Å². The molecule has 1 aromatic heterocycles. The van der Waals surface area contributed by atoms with E-state index in [1.165, 1.54) is 0 Å². The minimum Gasteiger partial charge on any atom is -0.473 e. The largest absolute Gasteiger partial charge is 0.473 e. The second kappa shape index (κ2) is 3.62. The molecule has 0 radical (unpaired) electrons. The Morgan fingerprint density at radius 3 is 3.23 bits per heavy atom. The zero-order chi connectivity index (χ0) is 9.10. The van der Waals surface area contributed by atoms with E-state index in [-0.39, 0.29) is 6.10 Å². The van der Waals surface area contributed by atoms with Crippen molar-refractivity contribution in [3.05, 3.63) is 18.3 Å². The predicted molar refractivity (Wildman–Crippen MR) is 50.6 cm³/mol. The molecule has 0 aromatic carbocycles. The van der Waals surface area contributed by atoms with Crippen molar-refractivity contribution < 1.29 is 4.74 Å². The summed E-state index contributed by atoms with van der Waals surface area (Å²) >= 11 is 0. The van der Waals surface area contributed by atoms with Crippen molar-refractivity contribution in [2.45, 2.75) is 12.5 Å². The highest BCUT2D eigenvalue weighted by molar-refractivity contribution is 5.39. The third-order valence-electron chi connectivity index (χ3n) is 2.06. The van der Waals surface area contributed by atoms with Crippen LogP contribution in [-0.2, 0) is 0 Å². The van der Waals surface area contributed by atoms with E-state index in [2.05, 4.69) is 10.3 Å². The van der Waals surface area contributed by atoms with Gasteiger partial charge in [-0.3, -0.25) is 0 Å². The van der Waals surface area contributed by atoms with E-state index in [9.17, 15) is 0 Å². The number of nitrogens with zero attached hydrogens (tertiary/aromatic N) is 1. The fraction of sp³-hybridized carbons (Fsp3) is 0.444. The number of aromatic nitrogens is 1. The number of nitrogens with one attached hydrogen (secondary N) is 1. The maximum Gasteiger partial charge on any atom is 0.215 e. The van der Waals surface area contributed by atoms with Crippen LogP contribution in [0.2, 0.25) is 0 Å². The quantitative estimate of drug-likeness (QED) is 0.690. The second-order valence-corrected chi connectivity index (χ2v) is 3.16. The molecular formula is C9H13N3O. The molecule has 2 rings (SSSR count). The predicted octanol–water partition coefficient (Wildman–Crippen LogP) is 0.404. The van der Waals surface area contributed by atoms with Crippen molar-refractivity contribution in [2.75, 3.05) is 18.8 Å². The third kappa shape index (κ3) is 2.09. The molecule has 2 heterocycles. The molecule has 0 amide bonds. The van der Waals surface area contributed by atoms with Gasteiger partial charge in [0.1, 0.15) is 6.10 Å². The molecule has 1 aliphatic heterocycles. The zero-order valence-corrected chi connectivity index (χ0v) is 7.36. The molecule has 4 heteroatoms. The number of pyridine rings is 1. The molecule has 0 spiro atoms. The molecule has 1 saturated heterocycles. The molecule has 13 heavy (non-hydrogen) atoms. The zero-order valence-electron chi connectivity index (χ0n) is 7.36. The molecule has 70 valence electrons. The molecular weight excluding hydrogens is 166 g/mol. The molecule has 0 saturated carbocycles. The molecule has 1 aromatic rings. The first-order valence-electron chi connectivity index (χ1n) is 4.43. The lowest BCUT2D eigenvalue weighted by molar-refractivity contribution is 0.214. The standard InChI is InChI=1S/C9H13N3O/c10-7-1-4-12-9(5-7)13-8-2-3-11-6-8/h1,4-5,8,11H,2-3,6H2,(H2,10,12)/t8-/m1/s1. The SMILES string of the molecule is Nc1ccnc(O[C@@H]2CCNC2)c1. The molecule has 3 N–H and O–H groups in total. The number of ether oxygens (including phenoxy) is 1. The lowest BCUT2D eigenvalue weighted by atomic mass is 10.3. The minimum atomic E-state index is 0.245. The highest BCUT2D eigenvalue weighted by Crippen LogP contribution is 2.14. The highest BCUT2D eigenvalue weighted by Gasteiger charge is 2.16. The van der Waals surface area contributed by atoms with Crippen LogP contribution in [0.3, 0.4) is 0 Å². The average Bonchev–Trinajstić information content (AvgIpc) is 2.57. The summed E-state index contributed by atoms with van der Waals surface area (Å²) in [5.74, 6) is 0.619. The Bertz CT molecular complexity index is 284. The Balaban J connectivity index is 2.00. The van der Waals surface area contributed by atoms with Gasteiger partial charge in [0, 0.05) is 24.5 Å². The molecule has 1 atom stereocenters. The van der Waals surface area contributed by atoms with Crippen molar-refractivity contribution >= 4 is 5.69 Å². The Labute approximate surface area is 77.1 Å². The monoisotopic (exact) mass is 179 g/mol. The summed E-state index contributed by atoms with van der Waals surface area (Å²) in [5, 5.41) is 3.22. The van der Waals surface area contributed by atoms with Crippen molar-refractivity contribution in [2.24, 2.45) is 0 Å². The number of hydrogen-bond acceptors (Lipinski definition) is 4. The maximum absolute atomic E-state index is 5.60. The van der Waals surface area contributed by atoms with Crippen molar-refractivity contribution in [1.29, 1.82) is 0 Å². The summed E-state index contributed by atoms with van der Waals surface area (Å²) < 4.78 is 5.60. The van der Waals surface area contributed by atoms with Crippen molar-refractivity contribution in [3.63, 3.8) is 0 Å². The van der Waals surface area contributed by atoms with Crippen LogP contribution >= 0.6 is 0 Å². The van der Waals surface area contributed by atoms with Gasteiger partial charge >= 0.3 is 0 Å². The molecule has 1 fully saturated rings. The fourth-order valence-electron chi connectivity index (χ4n) is 1.39. The molecule has 0 bridgehead atoms. The maximum atomic E-state index is 5.60. The first-order valence-corrected chi connectivity index (χ1v) is 4.43. The normalized spacial score (nSPS) is 21.7. The minimum absolute atomic E-state index is 0.245. The highest BCUT2D eigenvalue weighted by atomic mass is 16.5. The van der Waals surface area contributed by atoms with Gasteiger partial charge in [-0.15, -0.1) is 0 Å².